The first-order valence-electron chi connectivity index (χ1n) is 7.84. The van der Waals surface area contributed by atoms with Gasteiger partial charge < -0.3 is 10.0 Å². The zero-order valence-electron chi connectivity index (χ0n) is 13.1. The third-order valence-electron chi connectivity index (χ3n) is 4.16. The average Bonchev–Trinajstić information content (AvgIpc) is 3.07. The molecular formula is C18H21NO2S2. The van der Waals surface area contributed by atoms with Gasteiger partial charge in [-0.15, -0.1) is 23.1 Å². The summed E-state index contributed by atoms with van der Waals surface area (Å²) in [6.45, 7) is 3.47. The smallest absolute Gasteiger partial charge is 0.235 e. The number of hydrogen-bond donors (Lipinski definition) is 1. The van der Waals surface area contributed by atoms with E-state index in [-0.39, 0.29) is 11.2 Å². The van der Waals surface area contributed by atoms with Gasteiger partial charge in [0.25, 0.3) is 0 Å². The monoisotopic (exact) mass is 347 g/mol. The second-order valence-corrected chi connectivity index (χ2v) is 8.16. The molecule has 1 aliphatic heterocycles. The SMILES string of the molecule is CC(SCC(O)c1ccccc1)C(=O)N1CCc2sccc2C1. The summed E-state index contributed by atoms with van der Waals surface area (Å²) < 4.78 is 0. The Morgan fingerprint density at radius 2 is 2.13 bits per heavy atom. The van der Waals surface area contributed by atoms with Crippen molar-refractivity contribution in [1.29, 1.82) is 0 Å². The summed E-state index contributed by atoms with van der Waals surface area (Å²) >= 11 is 3.31. The molecule has 2 atom stereocenters. The molecule has 0 aliphatic carbocycles. The maximum Gasteiger partial charge on any atom is 0.235 e. The van der Waals surface area contributed by atoms with Gasteiger partial charge in [0, 0.05) is 23.7 Å². The van der Waals surface area contributed by atoms with E-state index < -0.39 is 6.10 Å². The summed E-state index contributed by atoms with van der Waals surface area (Å²) in [6.07, 6.45) is 0.434. The van der Waals surface area contributed by atoms with Crippen molar-refractivity contribution < 1.29 is 9.90 Å². The highest BCUT2D eigenvalue weighted by Gasteiger charge is 2.26. The van der Waals surface area contributed by atoms with Gasteiger partial charge in [0.2, 0.25) is 5.91 Å². The average molecular weight is 348 g/mol. The molecule has 1 aliphatic rings. The molecule has 5 heteroatoms. The first-order valence-corrected chi connectivity index (χ1v) is 9.76. The quantitative estimate of drug-likeness (QED) is 0.900. The minimum atomic E-state index is -0.527. The largest absolute Gasteiger partial charge is 0.388 e. The number of rotatable bonds is 5. The van der Waals surface area contributed by atoms with Crippen LogP contribution >= 0.6 is 23.1 Å². The van der Waals surface area contributed by atoms with Crippen molar-refractivity contribution in [3.05, 3.63) is 57.8 Å². The van der Waals surface area contributed by atoms with Gasteiger partial charge in [-0.1, -0.05) is 30.3 Å². The molecule has 1 amide bonds. The number of fused-ring (bicyclic) bond motifs is 1. The summed E-state index contributed by atoms with van der Waals surface area (Å²) in [6, 6.07) is 11.7. The fraction of sp³-hybridized carbons (Fsp3) is 0.389. The maximum absolute atomic E-state index is 12.6. The lowest BCUT2D eigenvalue weighted by molar-refractivity contribution is -0.131. The second-order valence-electron chi connectivity index (χ2n) is 5.78. The van der Waals surface area contributed by atoms with E-state index in [2.05, 4.69) is 11.4 Å². The number of aliphatic hydroxyl groups is 1. The maximum atomic E-state index is 12.6. The number of thioether (sulfide) groups is 1. The van der Waals surface area contributed by atoms with Crippen LogP contribution < -0.4 is 0 Å². The van der Waals surface area contributed by atoms with Crippen LogP contribution in [0.4, 0.5) is 0 Å². The van der Waals surface area contributed by atoms with Crippen molar-refractivity contribution in [2.45, 2.75) is 31.2 Å². The first-order chi connectivity index (χ1) is 11.1. The number of nitrogens with zero attached hydrogens (tertiary/aromatic N) is 1. The molecule has 1 aromatic heterocycles. The van der Waals surface area contributed by atoms with Crippen molar-refractivity contribution in [3.63, 3.8) is 0 Å². The molecule has 1 N–H and O–H groups in total. The summed E-state index contributed by atoms with van der Waals surface area (Å²) in [5.74, 6) is 0.709. The van der Waals surface area contributed by atoms with E-state index in [4.69, 9.17) is 0 Å². The number of hydrogen-bond acceptors (Lipinski definition) is 4. The van der Waals surface area contributed by atoms with Gasteiger partial charge in [0.05, 0.1) is 11.4 Å². The van der Waals surface area contributed by atoms with Crippen LogP contribution in [0.2, 0.25) is 0 Å². The van der Waals surface area contributed by atoms with E-state index in [1.807, 2.05) is 42.2 Å². The molecule has 2 unspecified atom stereocenters. The minimum Gasteiger partial charge on any atom is -0.388 e. The molecular weight excluding hydrogens is 326 g/mol. The van der Waals surface area contributed by atoms with E-state index in [1.54, 1.807) is 11.3 Å². The Morgan fingerprint density at radius 1 is 1.35 bits per heavy atom. The summed E-state index contributed by atoms with van der Waals surface area (Å²) in [5, 5.41) is 12.2. The summed E-state index contributed by atoms with van der Waals surface area (Å²) in [5.41, 5.74) is 2.19. The number of aliphatic hydroxyl groups excluding tert-OH is 1. The molecule has 122 valence electrons. The van der Waals surface area contributed by atoms with Gasteiger partial charge in [-0.2, -0.15) is 0 Å². The van der Waals surface area contributed by atoms with E-state index in [0.29, 0.717) is 5.75 Å². The topological polar surface area (TPSA) is 40.5 Å². The normalized spacial score (nSPS) is 16.7. The highest BCUT2D eigenvalue weighted by molar-refractivity contribution is 8.00. The Labute approximate surface area is 145 Å². The molecule has 2 heterocycles. The standard InChI is InChI=1S/C18H21NO2S2/c1-13(23-12-16(20)14-5-3-2-4-6-14)18(21)19-9-7-17-15(11-19)8-10-22-17/h2-6,8,10,13,16,20H,7,9,11-12H2,1H3. The van der Waals surface area contributed by atoms with Crippen LogP contribution in [0.15, 0.2) is 41.8 Å². The van der Waals surface area contributed by atoms with Crippen molar-refractivity contribution in [3.8, 4) is 0 Å². The van der Waals surface area contributed by atoms with Gasteiger partial charge in [-0.25, -0.2) is 0 Å². The van der Waals surface area contributed by atoms with Crippen LogP contribution in [0.1, 0.15) is 29.0 Å². The number of thiophene rings is 1. The highest BCUT2D eigenvalue weighted by Crippen LogP contribution is 2.27. The van der Waals surface area contributed by atoms with Crippen molar-refractivity contribution in [2.24, 2.45) is 0 Å². The Balaban J connectivity index is 1.52. The van der Waals surface area contributed by atoms with Gasteiger partial charge in [0.15, 0.2) is 0 Å². The molecule has 0 radical (unpaired) electrons. The van der Waals surface area contributed by atoms with Crippen LogP contribution in [0, 0.1) is 0 Å². The lowest BCUT2D eigenvalue weighted by atomic mass is 10.1. The lowest BCUT2D eigenvalue weighted by Gasteiger charge is -2.29. The van der Waals surface area contributed by atoms with E-state index in [9.17, 15) is 9.90 Å². The predicted octanol–water partition coefficient (Wildman–Crippen LogP) is 3.49. The number of carbonyl (C=O) groups is 1. The fourth-order valence-electron chi connectivity index (χ4n) is 2.77. The van der Waals surface area contributed by atoms with Crippen LogP contribution in [-0.2, 0) is 17.8 Å². The summed E-state index contributed by atoms with van der Waals surface area (Å²) in [4.78, 5) is 16.0. The third-order valence-corrected chi connectivity index (χ3v) is 6.39. The highest BCUT2D eigenvalue weighted by atomic mass is 32.2. The van der Waals surface area contributed by atoms with Crippen molar-refractivity contribution >= 4 is 29.0 Å². The summed E-state index contributed by atoms with van der Waals surface area (Å²) in [7, 11) is 0. The van der Waals surface area contributed by atoms with Crippen molar-refractivity contribution in [2.75, 3.05) is 12.3 Å². The number of benzene rings is 1. The molecule has 0 saturated heterocycles. The molecule has 2 aromatic rings. The van der Waals surface area contributed by atoms with E-state index in [0.717, 1.165) is 25.1 Å². The molecule has 3 nitrogen and oxygen atoms in total. The zero-order chi connectivity index (χ0) is 16.2. The number of amides is 1. The Morgan fingerprint density at radius 3 is 2.91 bits per heavy atom. The fourth-order valence-corrected chi connectivity index (χ4v) is 4.62. The van der Waals surface area contributed by atoms with Gasteiger partial charge in [-0.3, -0.25) is 4.79 Å². The first kappa shape index (κ1) is 16.6. The van der Waals surface area contributed by atoms with Crippen LogP contribution in [-0.4, -0.2) is 33.5 Å². The molecule has 1 aromatic carbocycles. The second kappa shape index (κ2) is 7.51. The predicted molar refractivity (Wildman–Crippen MR) is 96.8 cm³/mol. The van der Waals surface area contributed by atoms with Crippen LogP contribution in [0.25, 0.3) is 0 Å². The minimum absolute atomic E-state index is 0.131. The third kappa shape index (κ3) is 3.97. The molecule has 3 rings (SSSR count). The van der Waals surface area contributed by atoms with Crippen LogP contribution in [0.3, 0.4) is 0 Å². The Kier molecular flexibility index (Phi) is 5.41. The van der Waals surface area contributed by atoms with E-state index >= 15 is 0 Å². The van der Waals surface area contributed by atoms with Gasteiger partial charge in [-0.05, 0) is 35.9 Å². The van der Waals surface area contributed by atoms with E-state index in [1.165, 1.54) is 22.2 Å². The zero-order valence-corrected chi connectivity index (χ0v) is 14.8. The Hall–Kier alpha value is -1.30. The molecule has 23 heavy (non-hydrogen) atoms. The molecule has 0 fully saturated rings. The molecule has 0 spiro atoms. The Bertz CT molecular complexity index is 656. The lowest BCUT2D eigenvalue weighted by Crippen LogP contribution is -2.39. The molecule has 0 saturated carbocycles. The molecule has 0 bridgehead atoms. The number of carbonyl (C=O) groups excluding carboxylic acids is 1. The van der Waals surface area contributed by atoms with Gasteiger partial charge >= 0.3 is 0 Å². The van der Waals surface area contributed by atoms with Crippen LogP contribution in [0.5, 0.6) is 0 Å². The van der Waals surface area contributed by atoms with Gasteiger partial charge in [0.1, 0.15) is 0 Å². The van der Waals surface area contributed by atoms with Crippen molar-refractivity contribution in [1.82, 2.24) is 4.90 Å².